The van der Waals surface area contributed by atoms with Crippen LogP contribution in [-0.4, -0.2) is 73.3 Å². The van der Waals surface area contributed by atoms with Crippen molar-refractivity contribution in [2.24, 2.45) is 11.8 Å². The first-order chi connectivity index (χ1) is 19.5. The smallest absolute Gasteiger partial charge is 0.309 e. The molecule has 0 spiro atoms. The zero-order valence-corrected chi connectivity index (χ0v) is 29.2. The standard InChI is InChI=1S/C34H61NO6Si/c1-11-12-13-14-18-21-30(26(4)33(38)39)40-32(37)23-31(41-42(9,10)34(5,6)7)28(22-27-19-16-15-17-20-27)35(8)24-29(36)25(2)3/h15-17,19-20,25-26,28-31,36H,11-14,18,21-24H2,1-10H3,(H,38,39)/t26-,28-,29+,30+,31+/m0/s1. The largest absolute Gasteiger partial charge is 0.481 e. The Kier molecular flexibility index (Phi) is 16.5. The number of likely N-dealkylation sites (N-methyl/N-ethyl adjacent to an activating group) is 1. The maximum Gasteiger partial charge on any atom is 0.309 e. The van der Waals surface area contributed by atoms with Gasteiger partial charge in [0, 0.05) is 12.6 Å². The van der Waals surface area contributed by atoms with Crippen molar-refractivity contribution < 1.29 is 29.0 Å². The summed E-state index contributed by atoms with van der Waals surface area (Å²) in [6, 6.07) is 9.94. The summed E-state index contributed by atoms with van der Waals surface area (Å²) in [5, 5.41) is 20.4. The molecule has 42 heavy (non-hydrogen) atoms. The molecule has 1 rings (SSSR count). The fourth-order valence-electron chi connectivity index (χ4n) is 4.78. The molecule has 0 heterocycles. The summed E-state index contributed by atoms with van der Waals surface area (Å²) in [7, 11) is -0.343. The SMILES string of the molecule is CCCCCCC[C@@H](OC(=O)C[C@@H](O[Si](C)(C)C(C)(C)C)[C@H](Cc1ccccc1)N(C)C[C@@H](O)C(C)C)[C@H](C)C(=O)O. The van der Waals surface area contributed by atoms with Crippen LogP contribution in [0.1, 0.15) is 99.0 Å². The minimum absolute atomic E-state index is 0.0186. The number of hydrogen-bond acceptors (Lipinski definition) is 6. The quantitative estimate of drug-likeness (QED) is 0.0911. The molecule has 5 atom stereocenters. The molecule has 0 saturated heterocycles. The van der Waals surface area contributed by atoms with E-state index < -0.39 is 44.5 Å². The minimum Gasteiger partial charge on any atom is -0.481 e. The number of ether oxygens (including phenoxy) is 1. The van der Waals surface area contributed by atoms with Gasteiger partial charge in [-0.3, -0.25) is 14.5 Å². The van der Waals surface area contributed by atoms with Gasteiger partial charge in [0.25, 0.3) is 0 Å². The average molecular weight is 608 g/mol. The highest BCUT2D eigenvalue weighted by atomic mass is 28.4. The van der Waals surface area contributed by atoms with Crippen molar-refractivity contribution in [2.75, 3.05) is 13.6 Å². The molecule has 0 amide bonds. The zero-order valence-electron chi connectivity index (χ0n) is 28.2. The summed E-state index contributed by atoms with van der Waals surface area (Å²) in [5.74, 6) is -2.09. The van der Waals surface area contributed by atoms with Crippen LogP contribution >= 0.6 is 0 Å². The van der Waals surface area contributed by atoms with Gasteiger partial charge in [-0.25, -0.2) is 0 Å². The molecule has 0 aliphatic heterocycles. The van der Waals surface area contributed by atoms with E-state index in [0.717, 1.165) is 37.7 Å². The molecule has 0 bridgehead atoms. The Morgan fingerprint density at radius 3 is 2.10 bits per heavy atom. The van der Waals surface area contributed by atoms with Crippen LogP contribution in [0.3, 0.4) is 0 Å². The third-order valence-corrected chi connectivity index (χ3v) is 13.5. The van der Waals surface area contributed by atoms with Gasteiger partial charge < -0.3 is 19.4 Å². The van der Waals surface area contributed by atoms with Crippen molar-refractivity contribution in [3.8, 4) is 0 Å². The molecule has 2 N–H and O–H groups in total. The molecule has 1 aromatic rings. The van der Waals surface area contributed by atoms with E-state index in [1.807, 2.05) is 39.1 Å². The van der Waals surface area contributed by atoms with Crippen molar-refractivity contribution >= 4 is 20.3 Å². The molecule has 0 fully saturated rings. The van der Waals surface area contributed by atoms with Crippen LogP contribution in [0.25, 0.3) is 0 Å². The van der Waals surface area contributed by atoms with Crippen LogP contribution in [0.4, 0.5) is 0 Å². The Balaban J connectivity index is 3.35. The highest BCUT2D eigenvalue weighted by Crippen LogP contribution is 2.39. The maximum atomic E-state index is 13.6. The lowest BCUT2D eigenvalue weighted by Crippen LogP contribution is -2.54. The van der Waals surface area contributed by atoms with Gasteiger partial charge in [-0.2, -0.15) is 0 Å². The normalized spacial score (nSPS) is 16.2. The molecule has 0 aromatic heterocycles. The first kappa shape index (κ1) is 38.3. The van der Waals surface area contributed by atoms with Crippen LogP contribution in [0, 0.1) is 11.8 Å². The Bertz CT molecular complexity index is 916. The minimum atomic E-state index is -2.33. The molecule has 0 unspecified atom stereocenters. The number of carbonyl (C=O) groups is 2. The van der Waals surface area contributed by atoms with E-state index in [0.29, 0.717) is 19.4 Å². The molecular weight excluding hydrogens is 546 g/mol. The number of aliphatic carboxylic acids is 1. The molecule has 8 heteroatoms. The van der Waals surface area contributed by atoms with Crippen molar-refractivity contribution in [1.29, 1.82) is 0 Å². The van der Waals surface area contributed by atoms with Crippen LogP contribution in [-0.2, 0) is 25.2 Å². The van der Waals surface area contributed by atoms with Gasteiger partial charge in [0.05, 0.1) is 24.5 Å². The molecular formula is C34H61NO6Si. The van der Waals surface area contributed by atoms with E-state index in [9.17, 15) is 19.8 Å². The van der Waals surface area contributed by atoms with Crippen molar-refractivity contribution in [3.05, 3.63) is 35.9 Å². The first-order valence-corrected chi connectivity index (χ1v) is 18.9. The van der Waals surface area contributed by atoms with Crippen molar-refractivity contribution in [2.45, 2.75) is 142 Å². The second-order valence-corrected chi connectivity index (χ2v) is 18.7. The van der Waals surface area contributed by atoms with Gasteiger partial charge in [0.2, 0.25) is 0 Å². The van der Waals surface area contributed by atoms with Gasteiger partial charge >= 0.3 is 11.9 Å². The summed E-state index contributed by atoms with van der Waals surface area (Å²) >= 11 is 0. The Hall–Kier alpha value is -1.74. The van der Waals surface area contributed by atoms with Gasteiger partial charge in [0.15, 0.2) is 8.32 Å². The number of aliphatic hydroxyl groups excluding tert-OH is 1. The lowest BCUT2D eigenvalue weighted by Gasteiger charge is -2.44. The highest BCUT2D eigenvalue weighted by Gasteiger charge is 2.43. The predicted molar refractivity (Wildman–Crippen MR) is 174 cm³/mol. The van der Waals surface area contributed by atoms with E-state index in [-0.39, 0.29) is 23.4 Å². The van der Waals surface area contributed by atoms with Crippen LogP contribution in [0.2, 0.25) is 18.1 Å². The molecule has 0 aliphatic carbocycles. The number of aliphatic hydroxyl groups is 1. The highest BCUT2D eigenvalue weighted by molar-refractivity contribution is 6.74. The Labute approximate surface area is 257 Å². The molecule has 0 saturated carbocycles. The number of rotatable bonds is 20. The maximum absolute atomic E-state index is 13.6. The second-order valence-electron chi connectivity index (χ2n) is 14.0. The number of esters is 1. The summed E-state index contributed by atoms with van der Waals surface area (Å²) in [5.41, 5.74) is 1.12. The van der Waals surface area contributed by atoms with Gasteiger partial charge in [0.1, 0.15) is 6.10 Å². The Morgan fingerprint density at radius 2 is 1.57 bits per heavy atom. The topological polar surface area (TPSA) is 96.3 Å². The van der Waals surface area contributed by atoms with Gasteiger partial charge in [-0.15, -0.1) is 0 Å². The fraction of sp³-hybridized carbons (Fsp3) is 0.765. The van der Waals surface area contributed by atoms with Crippen molar-refractivity contribution in [3.63, 3.8) is 0 Å². The number of unbranched alkanes of at least 4 members (excludes halogenated alkanes) is 4. The van der Waals surface area contributed by atoms with Gasteiger partial charge in [-0.05, 0) is 62.8 Å². The summed E-state index contributed by atoms with van der Waals surface area (Å²) in [6.45, 7) is 19.1. The number of hydrogen-bond donors (Lipinski definition) is 2. The third-order valence-electron chi connectivity index (χ3n) is 8.97. The zero-order chi connectivity index (χ0) is 32.1. The fourth-order valence-corrected chi connectivity index (χ4v) is 6.13. The number of nitrogens with zero attached hydrogens (tertiary/aromatic N) is 1. The molecule has 0 aliphatic rings. The summed E-state index contributed by atoms with van der Waals surface area (Å²) in [6.07, 6.45) is 4.68. The number of carbonyl (C=O) groups excluding carboxylic acids is 1. The van der Waals surface area contributed by atoms with E-state index in [1.165, 1.54) is 0 Å². The predicted octanol–water partition coefficient (Wildman–Crippen LogP) is 7.32. The van der Waals surface area contributed by atoms with Gasteiger partial charge in [-0.1, -0.05) is 97.6 Å². The molecule has 242 valence electrons. The van der Waals surface area contributed by atoms with Crippen LogP contribution < -0.4 is 0 Å². The number of carboxylic acids is 1. The lowest BCUT2D eigenvalue weighted by atomic mass is 9.96. The van der Waals surface area contributed by atoms with E-state index >= 15 is 0 Å². The van der Waals surface area contributed by atoms with Crippen LogP contribution in [0.5, 0.6) is 0 Å². The third kappa shape index (κ3) is 13.3. The molecule has 0 radical (unpaired) electrons. The van der Waals surface area contributed by atoms with E-state index in [2.05, 4.69) is 57.8 Å². The number of benzene rings is 1. The molecule has 7 nitrogen and oxygen atoms in total. The summed E-state index contributed by atoms with van der Waals surface area (Å²) in [4.78, 5) is 27.6. The first-order valence-electron chi connectivity index (χ1n) is 16.0. The number of carboxylic acid groups (broad SMARTS) is 1. The van der Waals surface area contributed by atoms with Crippen LogP contribution in [0.15, 0.2) is 30.3 Å². The second kappa shape index (κ2) is 18.2. The van der Waals surface area contributed by atoms with E-state index in [1.54, 1.807) is 6.92 Å². The lowest BCUT2D eigenvalue weighted by molar-refractivity contribution is -0.160. The van der Waals surface area contributed by atoms with E-state index in [4.69, 9.17) is 9.16 Å². The van der Waals surface area contributed by atoms with Crippen molar-refractivity contribution in [1.82, 2.24) is 4.90 Å². The average Bonchev–Trinajstić information content (AvgIpc) is 2.89. The molecule has 1 aromatic carbocycles. The monoisotopic (exact) mass is 607 g/mol. The Morgan fingerprint density at radius 1 is 0.976 bits per heavy atom. The summed E-state index contributed by atoms with van der Waals surface area (Å²) < 4.78 is 12.9.